The maximum Gasteiger partial charge on any atom is 0.178 e. The zero-order chi connectivity index (χ0) is 10.1. The summed E-state index contributed by atoms with van der Waals surface area (Å²) in [6, 6.07) is 3.61. The third kappa shape index (κ3) is 1.45. The molecule has 0 radical (unpaired) electrons. The summed E-state index contributed by atoms with van der Waals surface area (Å²) in [5.41, 5.74) is 6.76. The summed E-state index contributed by atoms with van der Waals surface area (Å²) in [5.74, 6) is 1.24. The lowest BCUT2D eigenvalue weighted by Crippen LogP contribution is -2.04. The lowest BCUT2D eigenvalue weighted by Gasteiger charge is -2.00. The largest absolute Gasteiger partial charge is 0.383 e. The van der Waals surface area contributed by atoms with E-state index in [4.69, 9.17) is 5.73 Å². The highest BCUT2D eigenvalue weighted by molar-refractivity contribution is 14.1. The van der Waals surface area contributed by atoms with Crippen LogP contribution in [0.1, 0.15) is 5.69 Å². The molecule has 0 spiro atoms. The van der Waals surface area contributed by atoms with Crippen LogP contribution in [0.4, 0.5) is 5.82 Å². The second kappa shape index (κ2) is 3.52. The molecule has 0 aliphatic heterocycles. The molecular formula is C8H8IN5. The van der Waals surface area contributed by atoms with Crippen molar-refractivity contribution in [3.05, 3.63) is 27.6 Å². The van der Waals surface area contributed by atoms with E-state index >= 15 is 0 Å². The van der Waals surface area contributed by atoms with Crippen LogP contribution in [-0.2, 0) is 0 Å². The number of aromatic nitrogens is 4. The van der Waals surface area contributed by atoms with Gasteiger partial charge in [0.15, 0.2) is 5.82 Å². The van der Waals surface area contributed by atoms with E-state index in [0.29, 0.717) is 11.6 Å². The highest BCUT2D eigenvalue weighted by Crippen LogP contribution is 2.20. The zero-order valence-corrected chi connectivity index (χ0v) is 9.63. The van der Waals surface area contributed by atoms with Gasteiger partial charge in [-0.3, -0.25) is 0 Å². The Kier molecular flexibility index (Phi) is 2.36. The number of anilines is 1. The van der Waals surface area contributed by atoms with Gasteiger partial charge in [0.2, 0.25) is 0 Å². The third-order valence-corrected chi connectivity index (χ3v) is 3.13. The molecule has 0 amide bonds. The Morgan fingerprint density at radius 3 is 2.79 bits per heavy atom. The maximum atomic E-state index is 5.86. The fourth-order valence-corrected chi connectivity index (χ4v) is 1.44. The number of hydrogen-bond donors (Lipinski definition) is 1. The molecule has 5 nitrogen and oxygen atoms in total. The summed E-state index contributed by atoms with van der Waals surface area (Å²) in [6.07, 6.45) is 1.61. The van der Waals surface area contributed by atoms with E-state index in [-0.39, 0.29) is 0 Å². The second-order valence-electron chi connectivity index (χ2n) is 2.78. The monoisotopic (exact) mass is 301 g/mol. The van der Waals surface area contributed by atoms with E-state index in [2.05, 4.69) is 37.9 Å². The van der Waals surface area contributed by atoms with Crippen molar-refractivity contribution in [2.45, 2.75) is 6.92 Å². The molecule has 0 fully saturated rings. The molecule has 6 heteroatoms. The Bertz CT molecular complexity index is 450. The SMILES string of the molecule is Cc1nn(-c2cccnn2)c(N)c1I. The Morgan fingerprint density at radius 2 is 2.29 bits per heavy atom. The number of nitrogen functional groups attached to an aromatic ring is 1. The molecule has 0 unspecified atom stereocenters. The van der Waals surface area contributed by atoms with Crippen molar-refractivity contribution in [3.8, 4) is 5.82 Å². The van der Waals surface area contributed by atoms with Gasteiger partial charge in [-0.25, -0.2) is 0 Å². The zero-order valence-electron chi connectivity index (χ0n) is 7.48. The van der Waals surface area contributed by atoms with Crippen molar-refractivity contribution in [2.75, 3.05) is 5.73 Å². The molecule has 0 bridgehead atoms. The summed E-state index contributed by atoms with van der Waals surface area (Å²) in [7, 11) is 0. The molecule has 0 aliphatic carbocycles. The number of halogens is 1. The normalized spacial score (nSPS) is 10.4. The van der Waals surface area contributed by atoms with Crippen LogP contribution in [0.25, 0.3) is 5.82 Å². The molecule has 2 rings (SSSR count). The predicted octanol–water partition coefficient (Wildman–Crippen LogP) is 1.16. The summed E-state index contributed by atoms with van der Waals surface area (Å²) < 4.78 is 2.54. The molecule has 72 valence electrons. The topological polar surface area (TPSA) is 69.6 Å². The Labute approximate surface area is 94.5 Å². The van der Waals surface area contributed by atoms with Gasteiger partial charge in [-0.2, -0.15) is 14.9 Å². The van der Waals surface area contributed by atoms with Crippen LogP contribution in [0.5, 0.6) is 0 Å². The van der Waals surface area contributed by atoms with E-state index in [1.165, 1.54) is 0 Å². The first-order valence-electron chi connectivity index (χ1n) is 3.99. The van der Waals surface area contributed by atoms with Crippen molar-refractivity contribution in [1.29, 1.82) is 0 Å². The van der Waals surface area contributed by atoms with Crippen molar-refractivity contribution in [1.82, 2.24) is 20.0 Å². The van der Waals surface area contributed by atoms with Crippen molar-refractivity contribution in [2.24, 2.45) is 0 Å². The molecular weight excluding hydrogens is 293 g/mol. The summed E-state index contributed by atoms with van der Waals surface area (Å²) in [6.45, 7) is 1.91. The van der Waals surface area contributed by atoms with Crippen LogP contribution >= 0.6 is 22.6 Å². The van der Waals surface area contributed by atoms with Crippen molar-refractivity contribution in [3.63, 3.8) is 0 Å². The van der Waals surface area contributed by atoms with Gasteiger partial charge in [-0.1, -0.05) is 0 Å². The molecule has 0 aliphatic rings. The van der Waals surface area contributed by atoms with E-state index in [1.807, 2.05) is 13.0 Å². The highest BCUT2D eigenvalue weighted by atomic mass is 127. The molecule has 0 saturated carbocycles. The molecule has 2 heterocycles. The van der Waals surface area contributed by atoms with E-state index in [1.54, 1.807) is 16.9 Å². The van der Waals surface area contributed by atoms with Gasteiger partial charge in [-0.05, 0) is 41.6 Å². The Morgan fingerprint density at radius 1 is 1.50 bits per heavy atom. The molecule has 2 aromatic heterocycles. The number of rotatable bonds is 1. The molecule has 0 saturated heterocycles. The second-order valence-corrected chi connectivity index (χ2v) is 3.86. The smallest absolute Gasteiger partial charge is 0.178 e. The number of aryl methyl sites for hydroxylation is 1. The van der Waals surface area contributed by atoms with Gasteiger partial charge >= 0.3 is 0 Å². The Hall–Kier alpha value is -1.18. The van der Waals surface area contributed by atoms with E-state index < -0.39 is 0 Å². The van der Waals surface area contributed by atoms with Gasteiger partial charge < -0.3 is 5.73 Å². The first-order chi connectivity index (χ1) is 6.70. The number of nitrogens with zero attached hydrogens (tertiary/aromatic N) is 4. The highest BCUT2D eigenvalue weighted by Gasteiger charge is 2.11. The summed E-state index contributed by atoms with van der Waals surface area (Å²) in [4.78, 5) is 0. The lowest BCUT2D eigenvalue weighted by atomic mass is 10.5. The molecule has 0 atom stereocenters. The number of nitrogens with two attached hydrogens (primary N) is 1. The summed E-state index contributed by atoms with van der Waals surface area (Å²) >= 11 is 2.16. The van der Waals surface area contributed by atoms with E-state index in [9.17, 15) is 0 Å². The third-order valence-electron chi connectivity index (χ3n) is 1.80. The van der Waals surface area contributed by atoms with Crippen LogP contribution in [0.15, 0.2) is 18.3 Å². The van der Waals surface area contributed by atoms with Gasteiger partial charge in [-0.15, -0.1) is 5.10 Å². The fraction of sp³-hybridized carbons (Fsp3) is 0.125. The standard InChI is InChI=1S/C8H8IN5/c1-5-7(9)8(10)14(13-5)6-3-2-4-11-12-6/h2-4H,10H2,1H3. The number of hydrogen-bond acceptors (Lipinski definition) is 4. The van der Waals surface area contributed by atoms with E-state index in [0.717, 1.165) is 9.26 Å². The van der Waals surface area contributed by atoms with Gasteiger partial charge in [0.1, 0.15) is 5.82 Å². The first kappa shape index (κ1) is 9.38. The Balaban J connectivity index is 2.58. The summed E-state index contributed by atoms with van der Waals surface area (Å²) in [5, 5.41) is 12.0. The average molecular weight is 301 g/mol. The van der Waals surface area contributed by atoms with Gasteiger partial charge in [0, 0.05) is 6.20 Å². The molecule has 14 heavy (non-hydrogen) atoms. The molecule has 0 aromatic carbocycles. The van der Waals surface area contributed by atoms with Crippen LogP contribution in [0.3, 0.4) is 0 Å². The predicted molar refractivity (Wildman–Crippen MR) is 61.0 cm³/mol. The minimum atomic E-state index is 0.601. The van der Waals surface area contributed by atoms with Crippen molar-refractivity contribution < 1.29 is 0 Å². The molecule has 2 aromatic rings. The van der Waals surface area contributed by atoms with Gasteiger partial charge in [0.05, 0.1) is 9.26 Å². The first-order valence-corrected chi connectivity index (χ1v) is 5.06. The van der Waals surface area contributed by atoms with Crippen LogP contribution in [0, 0.1) is 10.5 Å². The average Bonchev–Trinajstić information content (AvgIpc) is 2.47. The van der Waals surface area contributed by atoms with Crippen molar-refractivity contribution >= 4 is 28.4 Å². The van der Waals surface area contributed by atoms with Gasteiger partial charge in [0.25, 0.3) is 0 Å². The minimum absolute atomic E-state index is 0.601. The van der Waals surface area contributed by atoms with Crippen LogP contribution in [-0.4, -0.2) is 20.0 Å². The molecule has 2 N–H and O–H groups in total. The quantitative estimate of drug-likeness (QED) is 0.802. The maximum absolute atomic E-state index is 5.86. The lowest BCUT2D eigenvalue weighted by molar-refractivity contribution is 0.811. The van der Waals surface area contributed by atoms with Crippen LogP contribution < -0.4 is 5.73 Å². The minimum Gasteiger partial charge on any atom is -0.383 e. The van der Waals surface area contributed by atoms with Crippen LogP contribution in [0.2, 0.25) is 0 Å². The fourth-order valence-electron chi connectivity index (χ4n) is 1.11.